The molecule has 0 fully saturated rings. The van der Waals surface area contributed by atoms with Crippen molar-refractivity contribution in [1.29, 1.82) is 0 Å². The fraction of sp³-hybridized carbons (Fsp3) is 0.167. The van der Waals surface area contributed by atoms with Crippen LogP contribution in [-0.4, -0.2) is 26.9 Å². The summed E-state index contributed by atoms with van der Waals surface area (Å²) >= 11 is 0. The molecule has 0 aliphatic carbocycles. The van der Waals surface area contributed by atoms with E-state index in [1.54, 1.807) is 50.2 Å². The molecule has 9 nitrogen and oxygen atoms in total. The maximum absolute atomic E-state index is 12.6. The number of carbonyl (C=O) groups excluding carboxylic acids is 2. The monoisotopic (exact) mass is 366 g/mol. The van der Waals surface area contributed by atoms with E-state index in [1.165, 1.54) is 6.92 Å². The van der Waals surface area contributed by atoms with E-state index in [2.05, 4.69) is 31.1 Å². The van der Waals surface area contributed by atoms with E-state index in [0.717, 1.165) is 0 Å². The first kappa shape index (κ1) is 18.1. The van der Waals surface area contributed by atoms with Crippen LogP contribution in [0.25, 0.3) is 0 Å². The van der Waals surface area contributed by atoms with Gasteiger partial charge in [-0.25, -0.2) is 9.97 Å². The number of benzene rings is 1. The molecule has 0 atom stereocenters. The molecule has 0 unspecified atom stereocenters. The van der Waals surface area contributed by atoms with E-state index in [1.807, 2.05) is 0 Å². The van der Waals surface area contributed by atoms with Crippen molar-refractivity contribution in [2.75, 3.05) is 16.0 Å². The standard InChI is InChI=1S/C18H18N6O3/c1-10-7-15(22-18(19-10)23-16-8-11(2)27-24-16)17(26)21-14-6-4-5-13(9-14)20-12(3)25/h4-9H,1-3H3,(H,20,25)(H,21,26)(H,19,22,23,24). The maximum Gasteiger partial charge on any atom is 0.274 e. The van der Waals surface area contributed by atoms with Crippen LogP contribution in [0.1, 0.15) is 28.9 Å². The third kappa shape index (κ3) is 4.88. The summed E-state index contributed by atoms with van der Waals surface area (Å²) in [6.07, 6.45) is 0. The van der Waals surface area contributed by atoms with Crippen molar-refractivity contribution in [3.05, 3.63) is 53.5 Å². The lowest BCUT2D eigenvalue weighted by Gasteiger charge is -2.09. The Bertz CT molecular complexity index is 998. The van der Waals surface area contributed by atoms with Gasteiger partial charge < -0.3 is 20.5 Å². The van der Waals surface area contributed by atoms with Crippen LogP contribution in [0, 0.1) is 13.8 Å². The molecule has 3 rings (SSSR count). The van der Waals surface area contributed by atoms with Crippen LogP contribution in [0.15, 0.2) is 40.9 Å². The number of aryl methyl sites for hydroxylation is 2. The summed E-state index contributed by atoms with van der Waals surface area (Å²) in [5.41, 5.74) is 1.92. The summed E-state index contributed by atoms with van der Waals surface area (Å²) in [6.45, 7) is 4.94. The van der Waals surface area contributed by atoms with Crippen molar-refractivity contribution < 1.29 is 14.1 Å². The molecule has 3 aromatic rings. The minimum Gasteiger partial charge on any atom is -0.360 e. The summed E-state index contributed by atoms with van der Waals surface area (Å²) < 4.78 is 4.99. The van der Waals surface area contributed by atoms with E-state index < -0.39 is 5.91 Å². The molecule has 0 saturated carbocycles. The number of carbonyl (C=O) groups is 2. The number of anilines is 4. The Balaban J connectivity index is 1.77. The molecule has 9 heteroatoms. The Morgan fingerprint density at radius 1 is 1.00 bits per heavy atom. The Kier molecular flexibility index (Phi) is 5.11. The minimum atomic E-state index is -0.403. The number of rotatable bonds is 5. The van der Waals surface area contributed by atoms with Crippen molar-refractivity contribution >= 4 is 35.0 Å². The van der Waals surface area contributed by atoms with Gasteiger partial charge in [0.1, 0.15) is 11.5 Å². The van der Waals surface area contributed by atoms with Crippen LogP contribution in [0.2, 0.25) is 0 Å². The predicted molar refractivity (Wildman–Crippen MR) is 100.0 cm³/mol. The zero-order valence-corrected chi connectivity index (χ0v) is 15.0. The van der Waals surface area contributed by atoms with Crippen molar-refractivity contribution in [3.8, 4) is 0 Å². The summed E-state index contributed by atoms with van der Waals surface area (Å²) in [6, 6.07) is 10.1. The van der Waals surface area contributed by atoms with Crippen LogP contribution < -0.4 is 16.0 Å². The number of amides is 2. The van der Waals surface area contributed by atoms with Crippen LogP contribution in [-0.2, 0) is 4.79 Å². The Morgan fingerprint density at radius 3 is 2.41 bits per heavy atom. The van der Waals surface area contributed by atoms with Gasteiger partial charge in [0.2, 0.25) is 11.9 Å². The quantitative estimate of drug-likeness (QED) is 0.634. The van der Waals surface area contributed by atoms with Crippen LogP contribution in [0.3, 0.4) is 0 Å². The zero-order valence-electron chi connectivity index (χ0n) is 15.0. The average molecular weight is 366 g/mol. The first-order valence-electron chi connectivity index (χ1n) is 8.14. The highest BCUT2D eigenvalue weighted by molar-refractivity contribution is 6.03. The average Bonchev–Trinajstić information content (AvgIpc) is 2.99. The topological polar surface area (TPSA) is 122 Å². The molecule has 3 N–H and O–H groups in total. The Labute approximate surface area is 155 Å². The molecular weight excluding hydrogens is 348 g/mol. The molecule has 1 aromatic carbocycles. The fourth-order valence-electron chi connectivity index (χ4n) is 2.35. The van der Waals surface area contributed by atoms with Gasteiger partial charge in [0, 0.05) is 30.1 Å². The SMILES string of the molecule is CC(=O)Nc1cccc(NC(=O)c2cc(C)nc(Nc3cc(C)on3)n2)c1. The second-order valence-electron chi connectivity index (χ2n) is 5.88. The molecular formula is C18H18N6O3. The van der Waals surface area contributed by atoms with E-state index in [-0.39, 0.29) is 17.5 Å². The lowest BCUT2D eigenvalue weighted by atomic mass is 10.2. The van der Waals surface area contributed by atoms with Crippen LogP contribution in [0.4, 0.5) is 23.1 Å². The van der Waals surface area contributed by atoms with Gasteiger partial charge in [-0.1, -0.05) is 11.2 Å². The van der Waals surface area contributed by atoms with E-state index in [9.17, 15) is 9.59 Å². The lowest BCUT2D eigenvalue weighted by Crippen LogP contribution is -2.16. The van der Waals surface area contributed by atoms with E-state index in [0.29, 0.717) is 28.6 Å². The second-order valence-corrected chi connectivity index (χ2v) is 5.88. The summed E-state index contributed by atoms with van der Waals surface area (Å²) in [4.78, 5) is 32.2. The molecule has 0 spiro atoms. The first-order valence-corrected chi connectivity index (χ1v) is 8.14. The highest BCUT2D eigenvalue weighted by atomic mass is 16.5. The summed E-state index contributed by atoms with van der Waals surface area (Å²) in [5, 5.41) is 12.1. The van der Waals surface area contributed by atoms with Crippen molar-refractivity contribution in [2.24, 2.45) is 0 Å². The first-order chi connectivity index (χ1) is 12.9. The summed E-state index contributed by atoms with van der Waals surface area (Å²) in [5.74, 6) is 0.735. The lowest BCUT2D eigenvalue weighted by molar-refractivity contribution is -0.114. The number of nitrogens with one attached hydrogen (secondary N) is 3. The van der Waals surface area contributed by atoms with Gasteiger partial charge in [0.05, 0.1) is 0 Å². The molecule has 2 amide bonds. The van der Waals surface area contributed by atoms with Gasteiger partial charge in [-0.3, -0.25) is 9.59 Å². The Morgan fingerprint density at radius 2 is 1.74 bits per heavy atom. The Hall–Kier alpha value is -3.75. The van der Waals surface area contributed by atoms with Gasteiger partial charge in [-0.15, -0.1) is 0 Å². The third-order valence-electron chi connectivity index (χ3n) is 3.40. The number of aromatic nitrogens is 3. The summed E-state index contributed by atoms with van der Waals surface area (Å²) in [7, 11) is 0. The predicted octanol–water partition coefficient (Wildman–Crippen LogP) is 3.04. The number of hydrogen-bond acceptors (Lipinski definition) is 7. The molecule has 27 heavy (non-hydrogen) atoms. The largest absolute Gasteiger partial charge is 0.360 e. The van der Waals surface area contributed by atoms with E-state index in [4.69, 9.17) is 4.52 Å². The zero-order chi connectivity index (χ0) is 19.4. The second kappa shape index (κ2) is 7.65. The third-order valence-corrected chi connectivity index (χ3v) is 3.40. The van der Waals surface area contributed by atoms with Crippen molar-refractivity contribution in [3.63, 3.8) is 0 Å². The maximum atomic E-state index is 12.6. The van der Waals surface area contributed by atoms with Gasteiger partial charge in [0.25, 0.3) is 5.91 Å². The van der Waals surface area contributed by atoms with Crippen LogP contribution >= 0.6 is 0 Å². The van der Waals surface area contributed by atoms with E-state index >= 15 is 0 Å². The highest BCUT2D eigenvalue weighted by Crippen LogP contribution is 2.17. The van der Waals surface area contributed by atoms with Gasteiger partial charge in [0.15, 0.2) is 5.82 Å². The normalized spacial score (nSPS) is 10.3. The molecule has 0 bridgehead atoms. The molecule has 0 saturated heterocycles. The number of nitrogens with zero attached hydrogens (tertiary/aromatic N) is 3. The molecule has 0 aliphatic heterocycles. The minimum absolute atomic E-state index is 0.190. The molecule has 0 radical (unpaired) electrons. The molecule has 2 aromatic heterocycles. The van der Waals surface area contributed by atoms with Crippen LogP contribution in [0.5, 0.6) is 0 Å². The van der Waals surface area contributed by atoms with Gasteiger partial charge in [-0.2, -0.15) is 0 Å². The molecule has 0 aliphatic rings. The molecule has 2 heterocycles. The van der Waals surface area contributed by atoms with Gasteiger partial charge >= 0.3 is 0 Å². The highest BCUT2D eigenvalue weighted by Gasteiger charge is 2.12. The number of hydrogen-bond donors (Lipinski definition) is 3. The fourth-order valence-corrected chi connectivity index (χ4v) is 2.35. The molecule has 138 valence electrons. The smallest absolute Gasteiger partial charge is 0.274 e. The van der Waals surface area contributed by atoms with Crippen molar-refractivity contribution in [1.82, 2.24) is 15.1 Å². The van der Waals surface area contributed by atoms with Gasteiger partial charge in [-0.05, 0) is 38.1 Å². The van der Waals surface area contributed by atoms with Crippen molar-refractivity contribution in [2.45, 2.75) is 20.8 Å².